The Morgan fingerprint density at radius 2 is 2.03 bits per heavy atom. The van der Waals surface area contributed by atoms with E-state index in [4.69, 9.17) is 23.9 Å². The van der Waals surface area contributed by atoms with E-state index in [1.165, 1.54) is 12.3 Å². The molecule has 4 rings (SSSR count). The number of nitrogens with zero attached hydrogens (tertiary/aromatic N) is 4. The summed E-state index contributed by atoms with van der Waals surface area (Å²) in [4.78, 5) is 24.6. The van der Waals surface area contributed by atoms with Crippen molar-refractivity contribution in [1.82, 2.24) is 14.5 Å². The van der Waals surface area contributed by atoms with E-state index < -0.39 is 23.2 Å². The Hall–Kier alpha value is -4.03. The van der Waals surface area contributed by atoms with Crippen LogP contribution in [0.15, 0.2) is 53.5 Å². The van der Waals surface area contributed by atoms with E-state index in [1.807, 2.05) is 0 Å². The largest absolute Gasteiger partial charge is 0.371 e. The van der Waals surface area contributed by atoms with E-state index in [-0.39, 0.29) is 33.5 Å². The van der Waals surface area contributed by atoms with Gasteiger partial charge in [0.2, 0.25) is 11.6 Å². The molecule has 7 nitrogen and oxygen atoms in total. The lowest BCUT2D eigenvalue weighted by molar-refractivity contribution is 0.574. The molecule has 4 aromatic rings. The van der Waals surface area contributed by atoms with Crippen LogP contribution in [0.2, 0.25) is 5.02 Å². The second-order valence-electron chi connectivity index (χ2n) is 6.95. The number of aromatic nitrogens is 3. The Kier molecular flexibility index (Phi) is 5.47. The first-order valence-electron chi connectivity index (χ1n) is 9.36. The zero-order chi connectivity index (χ0) is 23.0. The van der Waals surface area contributed by atoms with E-state index in [9.17, 15) is 13.6 Å². The van der Waals surface area contributed by atoms with Gasteiger partial charge >= 0.3 is 0 Å². The summed E-state index contributed by atoms with van der Waals surface area (Å²) in [7, 11) is 0. The van der Waals surface area contributed by atoms with Crippen molar-refractivity contribution >= 4 is 39.8 Å². The maximum absolute atomic E-state index is 14.7. The number of hydrogen-bond donors (Lipinski definition) is 2. The molecule has 0 unspecified atom stereocenters. The van der Waals surface area contributed by atoms with Crippen LogP contribution in [0.3, 0.4) is 0 Å². The molecule has 0 spiro atoms. The van der Waals surface area contributed by atoms with Crippen molar-refractivity contribution < 1.29 is 8.78 Å². The fourth-order valence-corrected chi connectivity index (χ4v) is 3.69. The molecule has 3 N–H and O–H groups in total. The molecule has 0 saturated heterocycles. The zero-order valence-corrected chi connectivity index (χ0v) is 17.4. The van der Waals surface area contributed by atoms with Crippen LogP contribution in [0, 0.1) is 18.2 Å². The Morgan fingerprint density at radius 1 is 1.25 bits per heavy atom. The van der Waals surface area contributed by atoms with Crippen molar-refractivity contribution in [3.63, 3.8) is 0 Å². The van der Waals surface area contributed by atoms with Gasteiger partial charge in [-0.1, -0.05) is 23.7 Å². The highest BCUT2D eigenvalue weighted by Crippen LogP contribution is 2.30. The average Bonchev–Trinajstić information content (AvgIpc) is 2.74. The SMILES string of the molecule is [C-]#[N+]c1cnc(N)nc1N[C@@H](C)c1cc2cccc(Cl)c2c(=O)n1-c1ccc(F)cc1F. The summed E-state index contributed by atoms with van der Waals surface area (Å²) in [5, 5.41) is 3.97. The lowest BCUT2D eigenvalue weighted by Gasteiger charge is -2.22. The van der Waals surface area contributed by atoms with E-state index in [2.05, 4.69) is 20.1 Å². The molecule has 0 aliphatic carbocycles. The summed E-state index contributed by atoms with van der Waals surface area (Å²) < 4.78 is 29.4. The number of benzene rings is 2. The maximum atomic E-state index is 14.7. The Morgan fingerprint density at radius 3 is 2.75 bits per heavy atom. The third-order valence-electron chi connectivity index (χ3n) is 4.88. The fraction of sp³-hybridized carbons (Fsp3) is 0.0909. The van der Waals surface area contributed by atoms with Crippen LogP contribution in [0.4, 0.5) is 26.2 Å². The highest BCUT2D eigenvalue weighted by Gasteiger charge is 2.21. The lowest BCUT2D eigenvalue weighted by Crippen LogP contribution is -2.26. The quantitative estimate of drug-likeness (QED) is 0.424. The minimum Gasteiger partial charge on any atom is -0.371 e. The first kappa shape index (κ1) is 21.2. The zero-order valence-electron chi connectivity index (χ0n) is 16.6. The molecule has 0 bridgehead atoms. The molecule has 2 aromatic heterocycles. The van der Waals surface area contributed by atoms with Crippen molar-refractivity contribution in [2.75, 3.05) is 11.1 Å². The van der Waals surface area contributed by atoms with Crippen molar-refractivity contribution in [2.24, 2.45) is 0 Å². The molecule has 160 valence electrons. The highest BCUT2D eigenvalue weighted by molar-refractivity contribution is 6.35. The van der Waals surface area contributed by atoms with Crippen molar-refractivity contribution in [1.29, 1.82) is 0 Å². The standard InChI is InChI=1S/C22H15ClF2N6O/c1-11(29-20-16(27-2)10-28-22(26)30-20)18-8-12-4-3-5-14(23)19(12)21(32)31(18)17-7-6-13(24)9-15(17)25/h3-11H,1H3,(H3,26,28,29,30)/t11-/m0/s1. The molecule has 1 atom stereocenters. The lowest BCUT2D eigenvalue weighted by atomic mass is 10.1. The van der Waals surface area contributed by atoms with Gasteiger partial charge in [-0.2, -0.15) is 0 Å². The number of nitrogen functional groups attached to an aromatic ring is 1. The van der Waals surface area contributed by atoms with Gasteiger partial charge < -0.3 is 11.1 Å². The molecule has 0 amide bonds. The normalized spacial score (nSPS) is 11.8. The minimum absolute atomic E-state index is 0.0423. The molecule has 2 heterocycles. The molecule has 10 heteroatoms. The number of fused-ring (bicyclic) bond motifs is 1. The highest BCUT2D eigenvalue weighted by atomic mass is 35.5. The van der Waals surface area contributed by atoms with Crippen molar-refractivity contribution in [2.45, 2.75) is 13.0 Å². The smallest absolute Gasteiger partial charge is 0.264 e. The van der Waals surface area contributed by atoms with Crippen LogP contribution in [-0.4, -0.2) is 14.5 Å². The van der Waals surface area contributed by atoms with Crippen LogP contribution < -0.4 is 16.6 Å². The first-order chi connectivity index (χ1) is 15.3. The second-order valence-corrected chi connectivity index (χ2v) is 7.36. The Labute approximate surface area is 185 Å². The molecule has 0 aliphatic rings. The molecular formula is C22H15ClF2N6O. The fourth-order valence-electron chi connectivity index (χ4n) is 3.43. The van der Waals surface area contributed by atoms with Crippen molar-refractivity contribution in [3.8, 4) is 5.69 Å². The number of anilines is 2. The monoisotopic (exact) mass is 452 g/mol. The van der Waals surface area contributed by atoms with Crippen LogP contribution in [0.25, 0.3) is 21.3 Å². The summed E-state index contributed by atoms with van der Waals surface area (Å²) in [6.45, 7) is 9.01. The summed E-state index contributed by atoms with van der Waals surface area (Å²) in [6.07, 6.45) is 1.28. The van der Waals surface area contributed by atoms with Crippen LogP contribution in [0.1, 0.15) is 18.7 Å². The number of nitrogens with two attached hydrogens (primary N) is 1. The molecule has 2 aromatic carbocycles. The third-order valence-corrected chi connectivity index (χ3v) is 5.20. The van der Waals surface area contributed by atoms with E-state index in [0.717, 1.165) is 10.6 Å². The molecule has 0 saturated carbocycles. The third kappa shape index (κ3) is 3.72. The second kappa shape index (κ2) is 8.24. The molecule has 0 aliphatic heterocycles. The van der Waals surface area contributed by atoms with E-state index >= 15 is 0 Å². The van der Waals surface area contributed by atoms with E-state index in [0.29, 0.717) is 17.1 Å². The van der Waals surface area contributed by atoms with Crippen LogP contribution >= 0.6 is 11.6 Å². The topological polar surface area (TPSA) is 90.2 Å². The number of nitrogens with one attached hydrogen (secondary N) is 1. The van der Waals surface area contributed by atoms with Gasteiger partial charge in [-0.15, -0.1) is 0 Å². The predicted octanol–water partition coefficient (Wildman–Crippen LogP) is 5.02. The summed E-state index contributed by atoms with van der Waals surface area (Å²) in [5.74, 6) is -1.58. The minimum atomic E-state index is -0.917. The predicted molar refractivity (Wildman–Crippen MR) is 119 cm³/mol. The number of hydrogen-bond acceptors (Lipinski definition) is 5. The van der Waals surface area contributed by atoms with E-state index in [1.54, 1.807) is 31.2 Å². The Balaban J connectivity index is 1.97. The molecule has 32 heavy (non-hydrogen) atoms. The van der Waals surface area contributed by atoms with Gasteiger partial charge in [0.25, 0.3) is 5.56 Å². The molecule has 0 fully saturated rings. The van der Waals surface area contributed by atoms with Gasteiger partial charge in [-0.25, -0.2) is 23.6 Å². The van der Waals surface area contributed by atoms with Gasteiger partial charge in [-0.3, -0.25) is 9.36 Å². The van der Waals surface area contributed by atoms with Gasteiger partial charge in [0.05, 0.1) is 28.7 Å². The van der Waals surface area contributed by atoms with Crippen LogP contribution in [-0.2, 0) is 0 Å². The first-order valence-corrected chi connectivity index (χ1v) is 9.74. The van der Waals surface area contributed by atoms with Crippen molar-refractivity contribution in [3.05, 3.63) is 92.8 Å². The Bertz CT molecular complexity index is 1460. The number of rotatable bonds is 4. The van der Waals surface area contributed by atoms with Gasteiger partial charge in [0.1, 0.15) is 17.5 Å². The number of halogens is 3. The van der Waals surface area contributed by atoms with Gasteiger partial charge in [0.15, 0.2) is 0 Å². The molecular weight excluding hydrogens is 438 g/mol. The summed E-state index contributed by atoms with van der Waals surface area (Å²) >= 11 is 6.26. The molecule has 0 radical (unpaired) electrons. The number of pyridine rings is 1. The van der Waals surface area contributed by atoms with Crippen LogP contribution in [0.5, 0.6) is 0 Å². The van der Waals surface area contributed by atoms with Gasteiger partial charge in [-0.05, 0) is 36.6 Å². The summed E-state index contributed by atoms with van der Waals surface area (Å²) in [6, 6.07) is 8.92. The summed E-state index contributed by atoms with van der Waals surface area (Å²) in [5.41, 5.74) is 5.39. The average molecular weight is 453 g/mol. The van der Waals surface area contributed by atoms with Gasteiger partial charge in [0, 0.05) is 18.0 Å². The maximum Gasteiger partial charge on any atom is 0.264 e.